The number of rotatable bonds is 1. The van der Waals surface area contributed by atoms with Crippen LogP contribution in [-0.4, -0.2) is 0 Å². The molecule has 0 nitrogen and oxygen atoms in total. The molecule has 6 rings (SSSR count). The van der Waals surface area contributed by atoms with E-state index in [1.165, 1.54) is 18.4 Å². The van der Waals surface area contributed by atoms with E-state index in [1.54, 1.807) is 0 Å². The second-order valence-corrected chi connectivity index (χ2v) is 15.6. The van der Waals surface area contributed by atoms with Crippen LogP contribution in [0.1, 0.15) is 103 Å². The van der Waals surface area contributed by atoms with Gasteiger partial charge in [0.15, 0.2) is 0 Å². The Morgan fingerprint density at radius 2 is 1.19 bits per heavy atom. The summed E-state index contributed by atoms with van der Waals surface area (Å²) in [5, 5.41) is 0. The van der Waals surface area contributed by atoms with Crippen molar-refractivity contribution in [1.82, 2.24) is 0 Å². The highest BCUT2D eigenvalue weighted by Gasteiger charge is 2.93. The molecule has 0 aliphatic heterocycles. The summed E-state index contributed by atoms with van der Waals surface area (Å²) in [5.74, 6) is 6.97. The molecular formula is C31H52. The Hall–Kier alpha value is -0.260. The van der Waals surface area contributed by atoms with Crippen LogP contribution in [0.2, 0.25) is 0 Å². The Bertz CT molecular complexity index is 861. The smallest absolute Gasteiger partial charge is 0.00572 e. The molecule has 31 heavy (non-hydrogen) atoms. The van der Waals surface area contributed by atoms with E-state index in [2.05, 4.69) is 96.6 Å². The fourth-order valence-electron chi connectivity index (χ4n) is 12.5. The van der Waals surface area contributed by atoms with Gasteiger partial charge in [0.25, 0.3) is 0 Å². The Balaban J connectivity index is 0.000000135. The lowest BCUT2D eigenvalue weighted by Crippen LogP contribution is -2.94. The van der Waals surface area contributed by atoms with Crippen LogP contribution in [0.3, 0.4) is 0 Å². The monoisotopic (exact) mass is 424 g/mol. The summed E-state index contributed by atoms with van der Waals surface area (Å²) in [4.78, 5) is 0. The lowest BCUT2D eigenvalue weighted by molar-refractivity contribution is -0.510. The van der Waals surface area contributed by atoms with Crippen molar-refractivity contribution in [3.63, 3.8) is 0 Å². The van der Waals surface area contributed by atoms with Gasteiger partial charge in [0.05, 0.1) is 0 Å². The minimum Gasteiger partial charge on any atom is -0.0996 e. The van der Waals surface area contributed by atoms with Crippen molar-refractivity contribution < 1.29 is 0 Å². The van der Waals surface area contributed by atoms with E-state index < -0.39 is 0 Å². The van der Waals surface area contributed by atoms with Gasteiger partial charge in [-0.15, -0.1) is 0 Å². The van der Waals surface area contributed by atoms with Crippen LogP contribution in [0.5, 0.6) is 0 Å². The first kappa shape index (κ1) is 22.5. The summed E-state index contributed by atoms with van der Waals surface area (Å²) in [7, 11) is 0. The molecular weight excluding hydrogens is 372 g/mol. The maximum atomic E-state index is 4.20. The van der Waals surface area contributed by atoms with Crippen LogP contribution in [-0.2, 0) is 0 Å². The average molecular weight is 425 g/mol. The summed E-state index contributed by atoms with van der Waals surface area (Å²) in [6.45, 7) is 36.6. The van der Waals surface area contributed by atoms with E-state index in [0.29, 0.717) is 37.9 Å². The predicted octanol–water partition coefficient (Wildman–Crippen LogP) is 8.87. The van der Waals surface area contributed by atoms with E-state index in [1.807, 2.05) is 0 Å². The van der Waals surface area contributed by atoms with Crippen LogP contribution in [0, 0.1) is 79.3 Å². The van der Waals surface area contributed by atoms with Crippen LogP contribution in [0.4, 0.5) is 0 Å². The molecule has 6 saturated carbocycles. The second-order valence-electron chi connectivity index (χ2n) is 15.6. The van der Waals surface area contributed by atoms with Crippen molar-refractivity contribution >= 4 is 0 Å². The topological polar surface area (TPSA) is 0 Å². The molecule has 0 radical (unpaired) electrons. The van der Waals surface area contributed by atoms with Crippen LogP contribution in [0.25, 0.3) is 0 Å². The van der Waals surface area contributed by atoms with Crippen molar-refractivity contribution in [3.8, 4) is 0 Å². The first-order chi connectivity index (χ1) is 13.9. The van der Waals surface area contributed by atoms with Crippen LogP contribution < -0.4 is 0 Å². The highest BCUT2D eigenvalue weighted by molar-refractivity contribution is 5.40. The van der Waals surface area contributed by atoms with Gasteiger partial charge in [-0.25, -0.2) is 0 Å². The van der Waals surface area contributed by atoms with Gasteiger partial charge in [-0.05, 0) is 99.1 Å². The van der Waals surface area contributed by atoms with E-state index in [0.717, 1.165) is 41.4 Å². The lowest BCUT2D eigenvalue weighted by Gasteiger charge is -2.98. The maximum Gasteiger partial charge on any atom is -0.00572 e. The summed E-state index contributed by atoms with van der Waals surface area (Å²) < 4.78 is 0. The largest absolute Gasteiger partial charge is 0.0996 e. The number of allylic oxidation sites excluding steroid dienone is 1. The van der Waals surface area contributed by atoms with Gasteiger partial charge in [0.1, 0.15) is 0 Å². The molecule has 0 aromatic heterocycles. The molecule has 0 N–H and O–H groups in total. The molecule has 0 amide bonds. The average Bonchev–Trinajstić information content (AvgIpc) is 2.70. The third kappa shape index (κ3) is 1.65. The molecule has 0 heterocycles. The quantitative estimate of drug-likeness (QED) is 0.369. The summed E-state index contributed by atoms with van der Waals surface area (Å²) in [6, 6.07) is 0. The molecule has 0 saturated heterocycles. The first-order valence-electron chi connectivity index (χ1n) is 13.5. The van der Waals surface area contributed by atoms with Gasteiger partial charge < -0.3 is 0 Å². The zero-order chi connectivity index (χ0) is 23.5. The van der Waals surface area contributed by atoms with Gasteiger partial charge in [-0.1, -0.05) is 95.2 Å². The molecule has 6 aliphatic rings. The van der Waals surface area contributed by atoms with Gasteiger partial charge in [-0.2, -0.15) is 0 Å². The Morgan fingerprint density at radius 1 is 0.677 bits per heavy atom. The molecule has 0 aromatic rings. The molecule has 0 bridgehead atoms. The Morgan fingerprint density at radius 3 is 1.65 bits per heavy atom. The van der Waals surface area contributed by atoms with Gasteiger partial charge in [0.2, 0.25) is 0 Å². The molecule has 6 aliphatic carbocycles. The SMILES string of the molecule is C=C(C)[C@]1(C)C[C@@H]2[C@H](C)C(C)(C)[C@@]21C.CC1[C@@H]2[C@@H]3[C@@H]4CC(C)[C@]4(C)[C@]3(C)[C@]2(C)C1(C)C. The zero-order valence-corrected chi connectivity index (χ0v) is 23.2. The van der Waals surface area contributed by atoms with Crippen LogP contribution >= 0.6 is 0 Å². The van der Waals surface area contributed by atoms with Crippen molar-refractivity contribution in [1.29, 1.82) is 0 Å². The molecule has 12 atom stereocenters. The molecule has 176 valence electrons. The second kappa shape index (κ2) is 5.35. The summed E-state index contributed by atoms with van der Waals surface area (Å²) >= 11 is 0. The minimum atomic E-state index is 0.397. The maximum absolute atomic E-state index is 4.20. The summed E-state index contributed by atoms with van der Waals surface area (Å²) in [5.41, 5.74) is 5.30. The van der Waals surface area contributed by atoms with E-state index in [9.17, 15) is 0 Å². The standard InChI is InChI=1S/C17H28.C14H24/c1-9-8-11-13-12-10(2)14(3,4)16(12,6)17(13,7)15(9,11)5;1-9(2)13(6)8-11-10(3)12(4,5)14(11,13)7/h9-13H,8H2,1-7H3;10-11H,1,8H2,2-7H3/t9?,10?,11-,12+,13-,15-,16-,17+;10-,11+,13-,14+/m00/s1. The third-order valence-corrected chi connectivity index (χ3v) is 16.3. The molecule has 0 heteroatoms. The highest BCUT2D eigenvalue weighted by atomic mass is 15.0. The molecule has 0 aromatic carbocycles. The minimum absolute atomic E-state index is 0.397. The zero-order valence-electron chi connectivity index (χ0n) is 23.2. The third-order valence-electron chi connectivity index (χ3n) is 16.3. The van der Waals surface area contributed by atoms with Crippen molar-refractivity contribution in [2.75, 3.05) is 0 Å². The van der Waals surface area contributed by atoms with Gasteiger partial charge in [0, 0.05) is 0 Å². The molecule has 0 spiro atoms. The lowest BCUT2D eigenvalue weighted by atomic mass is 9.06. The van der Waals surface area contributed by atoms with E-state index >= 15 is 0 Å². The van der Waals surface area contributed by atoms with Gasteiger partial charge >= 0.3 is 0 Å². The van der Waals surface area contributed by atoms with E-state index in [4.69, 9.17) is 0 Å². The fraction of sp³-hybridized carbons (Fsp3) is 0.935. The highest BCUT2D eigenvalue weighted by Crippen LogP contribution is 2.98. The van der Waals surface area contributed by atoms with Crippen molar-refractivity contribution in [2.45, 2.75) is 103 Å². The van der Waals surface area contributed by atoms with Crippen molar-refractivity contribution in [3.05, 3.63) is 12.2 Å². The van der Waals surface area contributed by atoms with Crippen LogP contribution in [0.15, 0.2) is 12.2 Å². The van der Waals surface area contributed by atoms with Crippen molar-refractivity contribution in [2.24, 2.45) is 79.3 Å². The normalized spacial score (nSPS) is 65.0. The molecule has 2 unspecified atom stereocenters. The Kier molecular flexibility index (Phi) is 3.89. The first-order valence-corrected chi connectivity index (χ1v) is 13.5. The predicted molar refractivity (Wildman–Crippen MR) is 134 cm³/mol. The number of hydrogen-bond donors (Lipinski definition) is 0. The summed E-state index contributed by atoms with van der Waals surface area (Å²) in [6.07, 6.45) is 2.89. The Labute approximate surface area is 194 Å². The number of hydrogen-bond acceptors (Lipinski definition) is 0. The van der Waals surface area contributed by atoms with E-state index in [-0.39, 0.29) is 0 Å². The fourth-order valence-corrected chi connectivity index (χ4v) is 12.5. The van der Waals surface area contributed by atoms with Gasteiger partial charge in [-0.3, -0.25) is 0 Å². The molecule has 6 fully saturated rings. The number of fused-ring (bicyclic) bond motifs is 8.